The second-order valence-corrected chi connectivity index (χ2v) is 3.34. The third kappa shape index (κ3) is 6.33. The van der Waals surface area contributed by atoms with Crippen LogP contribution in [0.25, 0.3) is 0 Å². The van der Waals surface area contributed by atoms with Crippen LogP contribution in [0.2, 0.25) is 0 Å². The Morgan fingerprint density at radius 1 is 1.71 bits per heavy atom. The quantitative estimate of drug-likeness (QED) is 0.398. The molecule has 1 amide bonds. The molecule has 0 aliphatic carbocycles. The van der Waals surface area contributed by atoms with E-state index in [4.69, 9.17) is 21.4 Å². The molecule has 0 N–H and O–H groups in total. The van der Waals surface area contributed by atoms with Gasteiger partial charge in [-0.3, -0.25) is 0 Å². The number of rotatable bonds is 0. The first-order chi connectivity index (χ1) is 3.13. The number of amides is 1. The lowest BCUT2D eigenvalue weighted by molar-refractivity contribution is 0.232. The standard InChI is InChI=1S/CCl2FNOS/c2-7(3)5-1(4)6. The van der Waals surface area contributed by atoms with Gasteiger partial charge < -0.3 is 0 Å². The SMILES string of the molecule is O=C(F)N=S(Cl)Cl. The summed E-state index contributed by atoms with van der Waals surface area (Å²) in [7, 11) is 8.18. The highest BCUT2D eigenvalue weighted by Crippen LogP contribution is 2.00. The molecule has 0 aliphatic heterocycles. The third-order valence-electron chi connectivity index (χ3n) is 0.141. The highest BCUT2D eigenvalue weighted by molar-refractivity contribution is 8.28. The predicted octanol–water partition coefficient (Wildman–Crippen LogP) is 2.19. The van der Waals surface area contributed by atoms with E-state index in [2.05, 4.69) is 4.36 Å². The Morgan fingerprint density at radius 2 is 2.14 bits per heavy atom. The van der Waals surface area contributed by atoms with Gasteiger partial charge >= 0.3 is 6.16 Å². The van der Waals surface area contributed by atoms with E-state index in [1.54, 1.807) is 0 Å². The van der Waals surface area contributed by atoms with Gasteiger partial charge in [0.25, 0.3) is 0 Å². The van der Waals surface area contributed by atoms with E-state index in [1.807, 2.05) is 0 Å². The lowest BCUT2D eigenvalue weighted by Crippen LogP contribution is -1.72. The van der Waals surface area contributed by atoms with Crippen LogP contribution in [0.4, 0.5) is 9.18 Å². The van der Waals surface area contributed by atoms with E-state index < -0.39 is 15.3 Å². The Morgan fingerprint density at radius 3 is 2.14 bits per heavy atom. The zero-order valence-electron chi connectivity index (χ0n) is 2.90. The van der Waals surface area contributed by atoms with Crippen molar-refractivity contribution in [3.05, 3.63) is 0 Å². The molecule has 0 aromatic carbocycles. The normalized spacial score (nSPS) is 9.14. The summed E-state index contributed by atoms with van der Waals surface area (Å²) >= 11 is 0. The zero-order chi connectivity index (χ0) is 5.86. The number of nitrogens with zero attached hydrogens (tertiary/aromatic N) is 1. The molecule has 0 unspecified atom stereocenters. The summed E-state index contributed by atoms with van der Waals surface area (Å²) in [6.45, 7) is 0. The summed E-state index contributed by atoms with van der Waals surface area (Å²) in [5, 5.41) is 0. The van der Waals surface area contributed by atoms with Crippen LogP contribution in [-0.4, -0.2) is 6.16 Å². The van der Waals surface area contributed by atoms with Crippen LogP contribution in [0, 0.1) is 0 Å². The average molecular weight is 164 g/mol. The van der Waals surface area contributed by atoms with E-state index in [-0.39, 0.29) is 0 Å². The highest BCUT2D eigenvalue weighted by Gasteiger charge is 1.90. The van der Waals surface area contributed by atoms with E-state index in [1.165, 1.54) is 0 Å². The van der Waals surface area contributed by atoms with Crippen molar-refractivity contribution < 1.29 is 9.18 Å². The first-order valence-corrected chi connectivity index (χ1v) is 3.94. The summed E-state index contributed by atoms with van der Waals surface area (Å²) in [4.78, 5) is 9.26. The first-order valence-electron chi connectivity index (χ1n) is 1.11. The minimum atomic E-state index is -1.84. The van der Waals surface area contributed by atoms with E-state index in [0.29, 0.717) is 0 Å². The van der Waals surface area contributed by atoms with Crippen molar-refractivity contribution in [3.63, 3.8) is 0 Å². The third-order valence-corrected chi connectivity index (χ3v) is 0.836. The van der Waals surface area contributed by atoms with E-state index >= 15 is 0 Å². The Labute approximate surface area is 50.7 Å². The maximum atomic E-state index is 11.0. The summed E-state index contributed by atoms with van der Waals surface area (Å²) in [5.74, 6) is 0. The molecule has 42 valence electrons. The number of carbonyl (C=O) groups is 1. The molecule has 0 saturated heterocycles. The van der Waals surface area contributed by atoms with Crippen molar-refractivity contribution in [1.29, 1.82) is 0 Å². The zero-order valence-corrected chi connectivity index (χ0v) is 5.23. The fraction of sp³-hybridized carbons (Fsp3) is 0. The maximum absolute atomic E-state index is 11.0. The summed E-state index contributed by atoms with van der Waals surface area (Å²) in [6, 6.07) is 0. The largest absolute Gasteiger partial charge is 0.432 e. The number of carbonyl (C=O) groups excluding carboxylic acids is 1. The van der Waals surface area contributed by atoms with Crippen molar-refractivity contribution in [3.8, 4) is 0 Å². The topological polar surface area (TPSA) is 29.4 Å². The molecule has 0 spiro atoms. The Bertz CT molecular complexity index is 110. The van der Waals surface area contributed by atoms with Crippen molar-refractivity contribution in [1.82, 2.24) is 0 Å². The summed E-state index contributed by atoms with van der Waals surface area (Å²) in [6.07, 6.45) is -1.84. The number of hydrogen-bond donors (Lipinski definition) is 0. The minimum absolute atomic E-state index is 1.50. The highest BCUT2D eigenvalue weighted by atomic mass is 36.0. The van der Waals surface area contributed by atoms with Crippen LogP contribution in [0.3, 0.4) is 0 Å². The molecule has 6 heteroatoms. The summed E-state index contributed by atoms with van der Waals surface area (Å²) in [5.41, 5.74) is 0. The first kappa shape index (κ1) is 7.33. The van der Waals surface area contributed by atoms with Crippen LogP contribution in [0.15, 0.2) is 4.36 Å². The molecule has 7 heavy (non-hydrogen) atoms. The molecule has 0 fully saturated rings. The second-order valence-electron chi connectivity index (χ2n) is 0.541. The van der Waals surface area contributed by atoms with Crippen molar-refractivity contribution in [2.24, 2.45) is 4.36 Å². The van der Waals surface area contributed by atoms with Crippen LogP contribution >= 0.6 is 21.4 Å². The average Bonchev–Trinajstić information content (AvgIpc) is 1.27. The monoisotopic (exact) mass is 163 g/mol. The molecule has 0 radical (unpaired) electrons. The van der Waals surface area contributed by atoms with Crippen LogP contribution in [0.1, 0.15) is 0 Å². The fourth-order valence-electron chi connectivity index (χ4n) is 0.0543. The molecule has 0 atom stereocenters. The molecular weight excluding hydrogens is 164 g/mol. The molecule has 0 bridgehead atoms. The molecule has 0 saturated carbocycles. The number of halogens is 3. The Hall–Kier alpha value is 0.330. The van der Waals surface area contributed by atoms with Crippen LogP contribution in [0.5, 0.6) is 0 Å². The minimum Gasteiger partial charge on any atom is -0.231 e. The lowest BCUT2D eigenvalue weighted by Gasteiger charge is -1.73. The number of hydrogen-bond acceptors (Lipinski definition) is 1. The Balaban J connectivity index is 3.68. The molecule has 0 aromatic heterocycles. The van der Waals surface area contributed by atoms with Gasteiger partial charge in [-0.15, -0.1) is 8.75 Å². The van der Waals surface area contributed by atoms with Gasteiger partial charge in [-0.1, -0.05) is 0 Å². The van der Waals surface area contributed by atoms with Crippen LogP contribution in [-0.2, 0) is 9.12 Å². The van der Waals surface area contributed by atoms with E-state index in [0.717, 1.165) is 0 Å². The van der Waals surface area contributed by atoms with Crippen LogP contribution < -0.4 is 0 Å². The fourth-order valence-corrected chi connectivity index (χ4v) is 0.488. The van der Waals surface area contributed by atoms with Gasteiger partial charge in [0, 0.05) is 0 Å². The van der Waals surface area contributed by atoms with Gasteiger partial charge in [0.15, 0.2) is 0 Å². The maximum Gasteiger partial charge on any atom is 0.432 e. The Kier molecular flexibility index (Phi) is 3.50. The van der Waals surface area contributed by atoms with Crippen molar-refractivity contribution in [2.45, 2.75) is 0 Å². The van der Waals surface area contributed by atoms with Gasteiger partial charge in [0.1, 0.15) is 0 Å². The van der Waals surface area contributed by atoms with Gasteiger partial charge in [0.2, 0.25) is 0 Å². The lowest BCUT2D eigenvalue weighted by atomic mass is 11.4. The van der Waals surface area contributed by atoms with Crippen molar-refractivity contribution in [2.75, 3.05) is 0 Å². The second kappa shape index (κ2) is 3.35. The van der Waals surface area contributed by atoms with Gasteiger partial charge in [0.05, 0.1) is 9.12 Å². The van der Waals surface area contributed by atoms with E-state index in [9.17, 15) is 9.18 Å². The van der Waals surface area contributed by atoms with Gasteiger partial charge in [-0.05, 0) is 21.4 Å². The van der Waals surface area contributed by atoms with Crippen molar-refractivity contribution >= 4 is 36.6 Å². The van der Waals surface area contributed by atoms with Gasteiger partial charge in [-0.25, -0.2) is 4.79 Å². The molecule has 0 rings (SSSR count). The molecular formula is CCl2FNOS. The summed E-state index contributed by atoms with van der Waals surface area (Å²) < 4.78 is 13.5. The smallest absolute Gasteiger partial charge is 0.231 e. The predicted molar refractivity (Wildman–Crippen MR) is 28.0 cm³/mol. The molecule has 0 aromatic rings. The molecule has 0 heterocycles. The van der Waals surface area contributed by atoms with Gasteiger partial charge in [-0.2, -0.15) is 0 Å². The molecule has 2 nitrogen and oxygen atoms in total. The molecule has 0 aliphatic rings.